The summed E-state index contributed by atoms with van der Waals surface area (Å²) in [5.74, 6) is 1.18. The monoisotopic (exact) mass is 598 g/mol. The second kappa shape index (κ2) is 14.1. The molecule has 0 saturated carbocycles. The maximum atomic E-state index is 13.6. The van der Waals surface area contributed by atoms with Gasteiger partial charge in [-0.25, -0.2) is 4.98 Å². The highest BCUT2D eigenvalue weighted by atomic mass is 16.5. The van der Waals surface area contributed by atoms with Gasteiger partial charge in [0, 0.05) is 44.9 Å². The van der Waals surface area contributed by atoms with Crippen molar-refractivity contribution in [2.24, 2.45) is 0 Å². The van der Waals surface area contributed by atoms with Gasteiger partial charge in [-0.2, -0.15) is 0 Å². The van der Waals surface area contributed by atoms with Crippen LogP contribution >= 0.6 is 0 Å². The smallest absolute Gasteiger partial charge is 0.260 e. The van der Waals surface area contributed by atoms with E-state index in [-0.39, 0.29) is 11.8 Å². The molecular formula is C35H46N6O3. The number of likely N-dealkylation sites (tertiary alicyclic amines) is 1. The van der Waals surface area contributed by atoms with Gasteiger partial charge in [0.25, 0.3) is 11.8 Å². The Bertz CT molecular complexity index is 1470. The Labute approximate surface area is 261 Å². The Morgan fingerprint density at radius 1 is 0.955 bits per heavy atom. The number of unbranched alkanes of at least 4 members (excludes halogenated alkanes) is 1. The number of carbonyl (C=O) groups excluding carboxylic acids is 2. The van der Waals surface area contributed by atoms with Crippen molar-refractivity contribution in [3.05, 3.63) is 65.9 Å². The molecule has 0 spiro atoms. The normalized spacial score (nSPS) is 15.2. The van der Waals surface area contributed by atoms with Gasteiger partial charge in [-0.3, -0.25) is 9.59 Å². The van der Waals surface area contributed by atoms with Crippen molar-refractivity contribution in [3.8, 4) is 5.75 Å². The van der Waals surface area contributed by atoms with Gasteiger partial charge in [0.15, 0.2) is 0 Å². The summed E-state index contributed by atoms with van der Waals surface area (Å²) in [6.07, 6.45) is 7.32. The number of rotatable bonds is 11. The fourth-order valence-electron chi connectivity index (χ4n) is 6.31. The Kier molecular flexibility index (Phi) is 10.0. The standard InChI is InChI=1S/C35H46N6O3/c1-6-9-19-40(18-7-2)26-16-20-41(21-17-26)34(42)25-14-15-28(32(22-25)44-8-3)37-33-23-30-31(24-36-33)39(5)35(43)27-12-10-11-13-29(27)38(30)4/h10-15,22-24,26H,6-9,16-21H2,1-5H3,(H,36,37). The molecule has 1 N–H and O–H groups in total. The molecule has 3 heterocycles. The van der Waals surface area contributed by atoms with Crippen molar-refractivity contribution >= 4 is 40.4 Å². The first-order valence-electron chi connectivity index (χ1n) is 16.0. The fourth-order valence-corrected chi connectivity index (χ4v) is 6.31. The number of anilines is 5. The Balaban J connectivity index is 1.32. The van der Waals surface area contributed by atoms with Crippen molar-refractivity contribution in [3.63, 3.8) is 0 Å². The van der Waals surface area contributed by atoms with E-state index in [1.165, 1.54) is 12.8 Å². The number of piperidine rings is 1. The van der Waals surface area contributed by atoms with E-state index in [1.54, 1.807) is 18.1 Å². The second-order valence-electron chi connectivity index (χ2n) is 11.7. The second-order valence-corrected chi connectivity index (χ2v) is 11.7. The van der Waals surface area contributed by atoms with Crippen LogP contribution in [-0.4, -0.2) is 79.5 Å². The zero-order valence-corrected chi connectivity index (χ0v) is 26.8. The molecule has 5 rings (SSSR count). The number of hydrogen-bond acceptors (Lipinski definition) is 7. The highest BCUT2D eigenvalue weighted by molar-refractivity contribution is 6.13. The van der Waals surface area contributed by atoms with Crippen LogP contribution in [0.5, 0.6) is 5.75 Å². The zero-order chi connectivity index (χ0) is 31.2. The summed E-state index contributed by atoms with van der Waals surface area (Å²) in [6, 6.07) is 15.7. The number of benzene rings is 2. The van der Waals surface area contributed by atoms with Crippen LogP contribution in [-0.2, 0) is 0 Å². The fraction of sp³-hybridized carbons (Fsp3) is 0.457. The number of fused-ring (bicyclic) bond motifs is 2. The molecule has 9 heteroatoms. The van der Waals surface area contributed by atoms with Gasteiger partial charge in [0.05, 0.1) is 41.1 Å². The highest BCUT2D eigenvalue weighted by Crippen LogP contribution is 2.40. The Morgan fingerprint density at radius 2 is 1.73 bits per heavy atom. The van der Waals surface area contributed by atoms with Crippen LogP contribution in [0, 0.1) is 0 Å². The quantitative estimate of drug-likeness (QED) is 0.263. The zero-order valence-electron chi connectivity index (χ0n) is 26.8. The first kappa shape index (κ1) is 31.3. The number of amides is 2. The number of nitrogens with one attached hydrogen (secondary N) is 1. The minimum atomic E-state index is -0.0772. The maximum Gasteiger partial charge on any atom is 0.260 e. The molecular weight excluding hydrogens is 552 g/mol. The van der Waals surface area contributed by atoms with Crippen LogP contribution in [0.1, 0.15) is 73.6 Å². The minimum Gasteiger partial charge on any atom is -0.492 e. The summed E-state index contributed by atoms with van der Waals surface area (Å²) < 4.78 is 6.00. The molecule has 2 aliphatic rings. The largest absolute Gasteiger partial charge is 0.492 e. The molecule has 2 aromatic carbocycles. The van der Waals surface area contributed by atoms with Crippen LogP contribution in [0.15, 0.2) is 54.7 Å². The lowest BCUT2D eigenvalue weighted by Gasteiger charge is -2.38. The van der Waals surface area contributed by atoms with Gasteiger partial charge >= 0.3 is 0 Å². The lowest BCUT2D eigenvalue weighted by molar-refractivity contribution is 0.0616. The number of aromatic nitrogens is 1. The summed E-state index contributed by atoms with van der Waals surface area (Å²) in [7, 11) is 3.72. The molecule has 1 aromatic heterocycles. The minimum absolute atomic E-state index is 0.0442. The number of nitrogens with zero attached hydrogens (tertiary/aromatic N) is 5. The Hall–Kier alpha value is -4.11. The molecule has 2 amide bonds. The van der Waals surface area contributed by atoms with Crippen molar-refractivity contribution in [1.29, 1.82) is 0 Å². The number of hydrogen-bond donors (Lipinski definition) is 1. The van der Waals surface area contributed by atoms with Crippen LogP contribution in [0.3, 0.4) is 0 Å². The van der Waals surface area contributed by atoms with Crippen molar-refractivity contribution in [2.75, 3.05) is 62.0 Å². The van der Waals surface area contributed by atoms with Gasteiger partial charge in [-0.1, -0.05) is 32.4 Å². The van der Waals surface area contributed by atoms with Crippen molar-refractivity contribution in [2.45, 2.75) is 58.9 Å². The Morgan fingerprint density at radius 3 is 2.45 bits per heavy atom. The molecule has 3 aromatic rings. The average molecular weight is 599 g/mol. The molecule has 0 aliphatic carbocycles. The van der Waals surface area contributed by atoms with Gasteiger partial charge in [0.2, 0.25) is 0 Å². The number of ether oxygens (including phenoxy) is 1. The van der Waals surface area contributed by atoms with E-state index in [9.17, 15) is 9.59 Å². The van der Waals surface area contributed by atoms with E-state index >= 15 is 0 Å². The predicted molar refractivity (Wildman–Crippen MR) is 178 cm³/mol. The topological polar surface area (TPSA) is 81.2 Å². The van der Waals surface area contributed by atoms with Crippen molar-refractivity contribution in [1.82, 2.24) is 14.8 Å². The summed E-state index contributed by atoms with van der Waals surface area (Å²) in [6.45, 7) is 10.7. The maximum absolute atomic E-state index is 13.6. The molecule has 234 valence electrons. The first-order valence-corrected chi connectivity index (χ1v) is 16.0. The molecule has 9 nitrogen and oxygen atoms in total. The van der Waals surface area contributed by atoms with Crippen LogP contribution in [0.2, 0.25) is 0 Å². The van der Waals surface area contributed by atoms with E-state index in [0.717, 1.165) is 68.2 Å². The molecule has 2 aliphatic heterocycles. The van der Waals surface area contributed by atoms with Crippen LogP contribution < -0.4 is 19.9 Å². The molecule has 1 fully saturated rings. The van der Waals surface area contributed by atoms with E-state index in [1.807, 2.05) is 72.3 Å². The lowest BCUT2D eigenvalue weighted by Crippen LogP contribution is -2.47. The van der Waals surface area contributed by atoms with Crippen LogP contribution in [0.25, 0.3) is 0 Å². The van der Waals surface area contributed by atoms with E-state index in [0.29, 0.717) is 35.3 Å². The van der Waals surface area contributed by atoms with E-state index in [4.69, 9.17) is 4.74 Å². The number of carbonyl (C=O) groups is 2. The molecule has 0 atom stereocenters. The number of para-hydroxylation sites is 1. The van der Waals surface area contributed by atoms with Gasteiger partial charge in [-0.05, 0) is 76.0 Å². The summed E-state index contributed by atoms with van der Waals surface area (Å²) >= 11 is 0. The molecule has 0 unspecified atom stereocenters. The van der Waals surface area contributed by atoms with Crippen molar-refractivity contribution < 1.29 is 14.3 Å². The van der Waals surface area contributed by atoms with E-state index < -0.39 is 0 Å². The average Bonchev–Trinajstić information content (AvgIpc) is 3.13. The molecule has 0 radical (unpaired) electrons. The third kappa shape index (κ3) is 6.53. The molecule has 1 saturated heterocycles. The van der Waals surface area contributed by atoms with Gasteiger partial charge in [0.1, 0.15) is 11.6 Å². The van der Waals surface area contributed by atoms with Gasteiger partial charge < -0.3 is 29.7 Å². The summed E-state index contributed by atoms with van der Waals surface area (Å²) in [5.41, 5.74) is 4.39. The third-order valence-corrected chi connectivity index (χ3v) is 8.75. The van der Waals surface area contributed by atoms with Gasteiger partial charge in [-0.15, -0.1) is 0 Å². The molecule has 44 heavy (non-hydrogen) atoms. The summed E-state index contributed by atoms with van der Waals surface area (Å²) in [4.78, 5) is 39.6. The molecule has 0 bridgehead atoms. The third-order valence-electron chi connectivity index (χ3n) is 8.75. The van der Waals surface area contributed by atoms with Crippen LogP contribution in [0.4, 0.5) is 28.6 Å². The SMILES string of the molecule is CCCCN(CCC)C1CCN(C(=O)c2ccc(Nc3cc4c(cn3)N(C)C(=O)c3ccccc3N4C)c(OCC)c2)CC1. The first-order chi connectivity index (χ1) is 21.4. The lowest BCUT2D eigenvalue weighted by atomic mass is 10.0. The van der Waals surface area contributed by atoms with E-state index in [2.05, 4.69) is 29.0 Å². The summed E-state index contributed by atoms with van der Waals surface area (Å²) in [5, 5.41) is 3.39. The highest BCUT2D eigenvalue weighted by Gasteiger charge is 2.29. The number of pyridine rings is 1. The predicted octanol–water partition coefficient (Wildman–Crippen LogP) is 6.70.